The van der Waals surface area contributed by atoms with Gasteiger partial charge in [0.2, 0.25) is 0 Å². The van der Waals surface area contributed by atoms with Crippen LogP contribution in [0.2, 0.25) is 0 Å². The highest BCUT2D eigenvalue weighted by atomic mass is 15.3. The number of rotatable bonds is 2. The van der Waals surface area contributed by atoms with Gasteiger partial charge in [0.25, 0.3) is 0 Å². The predicted octanol–water partition coefficient (Wildman–Crippen LogP) is 4.65. The summed E-state index contributed by atoms with van der Waals surface area (Å²) < 4.78 is 0. The molecule has 0 spiro atoms. The van der Waals surface area contributed by atoms with E-state index < -0.39 is 0 Å². The average Bonchev–Trinajstić information content (AvgIpc) is 3.20. The molecular formula is C18H40N2. The molecule has 0 aromatic carbocycles. The third-order valence-electron chi connectivity index (χ3n) is 4.16. The lowest BCUT2D eigenvalue weighted by Gasteiger charge is -2.38. The van der Waals surface area contributed by atoms with E-state index in [0.717, 1.165) is 12.0 Å². The van der Waals surface area contributed by atoms with Crippen LogP contribution in [-0.2, 0) is 0 Å². The SMILES string of the molecule is C1CCC1.CC.CC.CC1CN(C)CCN1CC1CC1. The first-order chi connectivity index (χ1) is 9.75. The fourth-order valence-electron chi connectivity index (χ4n) is 2.33. The van der Waals surface area contributed by atoms with Crippen LogP contribution in [0.25, 0.3) is 0 Å². The van der Waals surface area contributed by atoms with Crippen molar-refractivity contribution in [2.75, 3.05) is 33.2 Å². The maximum Gasteiger partial charge on any atom is 0.0195 e. The molecule has 20 heavy (non-hydrogen) atoms. The van der Waals surface area contributed by atoms with Crippen molar-refractivity contribution in [3.63, 3.8) is 0 Å². The smallest absolute Gasteiger partial charge is 0.0195 e. The Bertz CT molecular complexity index is 194. The quantitative estimate of drug-likeness (QED) is 0.728. The largest absolute Gasteiger partial charge is 0.304 e. The lowest BCUT2D eigenvalue weighted by atomic mass is 10.0. The second kappa shape index (κ2) is 12.6. The van der Waals surface area contributed by atoms with Crippen LogP contribution in [-0.4, -0.2) is 49.1 Å². The Balaban J connectivity index is 0.000000377. The Labute approximate surface area is 128 Å². The lowest BCUT2D eigenvalue weighted by Crippen LogP contribution is -2.50. The maximum absolute atomic E-state index is 2.66. The first-order valence-electron chi connectivity index (χ1n) is 9.18. The van der Waals surface area contributed by atoms with E-state index in [1.54, 1.807) is 0 Å². The molecule has 1 unspecified atom stereocenters. The molecule has 2 saturated carbocycles. The molecule has 0 aromatic heterocycles. The van der Waals surface area contributed by atoms with Crippen LogP contribution in [0.15, 0.2) is 0 Å². The molecule has 3 fully saturated rings. The molecule has 3 aliphatic rings. The van der Waals surface area contributed by atoms with Crippen molar-refractivity contribution in [2.45, 2.75) is 79.2 Å². The van der Waals surface area contributed by atoms with Gasteiger partial charge >= 0.3 is 0 Å². The van der Waals surface area contributed by atoms with Crippen LogP contribution in [0.3, 0.4) is 0 Å². The molecule has 3 rings (SSSR count). The Morgan fingerprint density at radius 2 is 1.35 bits per heavy atom. The molecule has 0 amide bonds. The van der Waals surface area contributed by atoms with E-state index >= 15 is 0 Å². The minimum atomic E-state index is 0.782. The van der Waals surface area contributed by atoms with Gasteiger partial charge in [0.1, 0.15) is 0 Å². The van der Waals surface area contributed by atoms with Gasteiger partial charge in [-0.3, -0.25) is 4.90 Å². The number of nitrogens with zero attached hydrogens (tertiary/aromatic N) is 2. The van der Waals surface area contributed by atoms with Gasteiger partial charge in [-0.1, -0.05) is 53.4 Å². The minimum Gasteiger partial charge on any atom is -0.304 e. The van der Waals surface area contributed by atoms with E-state index in [1.165, 1.54) is 64.7 Å². The number of likely N-dealkylation sites (N-methyl/N-ethyl adjacent to an activating group) is 1. The fraction of sp³-hybridized carbons (Fsp3) is 1.00. The summed E-state index contributed by atoms with van der Waals surface area (Å²) in [5.41, 5.74) is 0. The monoisotopic (exact) mass is 284 g/mol. The molecule has 1 aliphatic heterocycles. The molecule has 1 saturated heterocycles. The Morgan fingerprint density at radius 1 is 0.850 bits per heavy atom. The third kappa shape index (κ3) is 8.97. The molecule has 0 bridgehead atoms. The second-order valence-electron chi connectivity index (χ2n) is 5.96. The normalized spacial score (nSPS) is 25.8. The summed E-state index contributed by atoms with van der Waals surface area (Å²) in [6.45, 7) is 15.5. The molecule has 122 valence electrons. The summed E-state index contributed by atoms with van der Waals surface area (Å²) in [4.78, 5) is 5.10. The van der Waals surface area contributed by atoms with E-state index in [9.17, 15) is 0 Å². The highest BCUT2D eigenvalue weighted by Gasteiger charge is 2.28. The molecule has 1 heterocycles. The van der Waals surface area contributed by atoms with E-state index in [2.05, 4.69) is 23.8 Å². The highest BCUT2D eigenvalue weighted by molar-refractivity contribution is 4.83. The van der Waals surface area contributed by atoms with Crippen LogP contribution < -0.4 is 0 Å². The molecule has 1 atom stereocenters. The number of hydrogen-bond acceptors (Lipinski definition) is 2. The summed E-state index contributed by atoms with van der Waals surface area (Å²) >= 11 is 0. The molecule has 0 aromatic rings. The van der Waals surface area contributed by atoms with Gasteiger partial charge in [0.05, 0.1) is 0 Å². The summed E-state index contributed by atoms with van der Waals surface area (Å²) in [6.07, 6.45) is 8.97. The standard InChI is InChI=1S/C10H20N2.C4H8.2C2H6/c1-9-7-11(2)5-6-12(9)8-10-3-4-10;1-2-4-3-1;2*1-2/h9-10H,3-8H2,1-2H3;1-4H2;2*1-2H3. The summed E-state index contributed by atoms with van der Waals surface area (Å²) in [5.74, 6) is 1.05. The highest BCUT2D eigenvalue weighted by Crippen LogP contribution is 2.30. The first kappa shape index (κ1) is 19.9. The minimum absolute atomic E-state index is 0.782. The van der Waals surface area contributed by atoms with Crippen LogP contribution >= 0.6 is 0 Å². The zero-order valence-corrected chi connectivity index (χ0v) is 15.1. The van der Waals surface area contributed by atoms with Crippen molar-refractivity contribution in [1.82, 2.24) is 9.80 Å². The van der Waals surface area contributed by atoms with Crippen molar-refractivity contribution in [3.05, 3.63) is 0 Å². The van der Waals surface area contributed by atoms with E-state index in [1.807, 2.05) is 27.7 Å². The summed E-state index contributed by atoms with van der Waals surface area (Å²) in [6, 6.07) is 0.782. The van der Waals surface area contributed by atoms with E-state index in [0.29, 0.717) is 0 Å². The third-order valence-corrected chi connectivity index (χ3v) is 4.16. The van der Waals surface area contributed by atoms with Crippen molar-refractivity contribution in [2.24, 2.45) is 5.92 Å². The van der Waals surface area contributed by atoms with Crippen LogP contribution in [0.5, 0.6) is 0 Å². The van der Waals surface area contributed by atoms with Crippen LogP contribution in [0.1, 0.15) is 73.1 Å². The van der Waals surface area contributed by atoms with Gasteiger partial charge in [-0.05, 0) is 32.7 Å². The Kier molecular flexibility index (Phi) is 12.6. The van der Waals surface area contributed by atoms with Gasteiger partial charge in [-0.15, -0.1) is 0 Å². The van der Waals surface area contributed by atoms with E-state index in [4.69, 9.17) is 0 Å². The topological polar surface area (TPSA) is 6.48 Å². The predicted molar refractivity (Wildman–Crippen MR) is 92.4 cm³/mol. The fourth-order valence-corrected chi connectivity index (χ4v) is 2.33. The molecule has 0 radical (unpaired) electrons. The lowest BCUT2D eigenvalue weighted by molar-refractivity contribution is 0.0959. The molecule has 0 N–H and O–H groups in total. The van der Waals surface area contributed by atoms with Crippen molar-refractivity contribution in [1.29, 1.82) is 0 Å². The zero-order chi connectivity index (χ0) is 15.4. The number of hydrogen-bond donors (Lipinski definition) is 0. The molecular weight excluding hydrogens is 244 g/mol. The molecule has 2 heteroatoms. The van der Waals surface area contributed by atoms with Crippen molar-refractivity contribution in [3.8, 4) is 0 Å². The van der Waals surface area contributed by atoms with Crippen molar-refractivity contribution < 1.29 is 0 Å². The van der Waals surface area contributed by atoms with Crippen molar-refractivity contribution >= 4 is 0 Å². The molecule has 2 nitrogen and oxygen atoms in total. The van der Waals surface area contributed by atoms with Gasteiger partial charge in [0.15, 0.2) is 0 Å². The number of piperazine rings is 1. The first-order valence-corrected chi connectivity index (χ1v) is 9.18. The maximum atomic E-state index is 2.66. The zero-order valence-electron chi connectivity index (χ0n) is 15.1. The average molecular weight is 285 g/mol. The van der Waals surface area contributed by atoms with Gasteiger partial charge in [-0.2, -0.15) is 0 Å². The summed E-state index contributed by atoms with van der Waals surface area (Å²) in [5, 5.41) is 0. The Hall–Kier alpha value is -0.0800. The van der Waals surface area contributed by atoms with Crippen LogP contribution in [0, 0.1) is 5.92 Å². The summed E-state index contributed by atoms with van der Waals surface area (Å²) in [7, 11) is 2.23. The second-order valence-corrected chi connectivity index (χ2v) is 5.96. The molecule has 2 aliphatic carbocycles. The van der Waals surface area contributed by atoms with Gasteiger partial charge in [0, 0.05) is 32.2 Å². The van der Waals surface area contributed by atoms with Crippen LogP contribution in [0.4, 0.5) is 0 Å². The van der Waals surface area contributed by atoms with E-state index in [-0.39, 0.29) is 0 Å². The Morgan fingerprint density at radius 3 is 1.70 bits per heavy atom. The van der Waals surface area contributed by atoms with Gasteiger partial charge in [-0.25, -0.2) is 0 Å². The van der Waals surface area contributed by atoms with Gasteiger partial charge < -0.3 is 4.90 Å².